The molecule has 0 fully saturated rings. The third-order valence-electron chi connectivity index (χ3n) is 3.68. The van der Waals surface area contributed by atoms with Crippen molar-refractivity contribution in [2.75, 3.05) is 38.3 Å². The van der Waals surface area contributed by atoms with Gasteiger partial charge in [-0.05, 0) is 12.8 Å². The zero-order valence-corrected chi connectivity index (χ0v) is 16.9. The Balaban J connectivity index is 2.13. The summed E-state index contributed by atoms with van der Waals surface area (Å²) in [4.78, 5) is 30.6. The van der Waals surface area contributed by atoms with Crippen LogP contribution < -0.4 is 27.8 Å². The fraction of sp³-hybridized carbons (Fsp3) is 0.562. The van der Waals surface area contributed by atoms with Crippen LogP contribution in [0.2, 0.25) is 5.15 Å². The van der Waals surface area contributed by atoms with Gasteiger partial charge in [0.25, 0.3) is 5.91 Å². The molecule has 0 aliphatic rings. The van der Waals surface area contributed by atoms with E-state index in [-0.39, 0.29) is 35.0 Å². The molecule has 1 aromatic rings. The summed E-state index contributed by atoms with van der Waals surface area (Å²) in [6.45, 7) is 1.12. The number of nitrogens with zero attached hydrogens (tertiary/aromatic N) is 2. The van der Waals surface area contributed by atoms with Crippen LogP contribution in [-0.2, 0) is 14.3 Å². The first-order chi connectivity index (χ1) is 13.8. The summed E-state index contributed by atoms with van der Waals surface area (Å²) in [5, 5.41) is 12.7. The molecule has 0 bridgehead atoms. The molecule has 1 rings (SSSR count). The quantitative estimate of drug-likeness (QED) is 0.116. The third-order valence-corrected chi connectivity index (χ3v) is 3.96. The summed E-state index contributed by atoms with van der Waals surface area (Å²) >= 11 is 5.73. The number of nitrogens with one attached hydrogen (secondary N) is 3. The maximum absolute atomic E-state index is 12.1. The Hall–Kier alpha value is -2.70. The van der Waals surface area contributed by atoms with Crippen molar-refractivity contribution in [3.05, 3.63) is 10.8 Å². The van der Waals surface area contributed by atoms with Crippen LogP contribution in [0.1, 0.15) is 36.2 Å². The molecule has 0 aliphatic carbocycles. The van der Waals surface area contributed by atoms with E-state index >= 15 is 0 Å². The van der Waals surface area contributed by atoms with Crippen molar-refractivity contribution in [2.45, 2.75) is 31.7 Å². The van der Waals surface area contributed by atoms with E-state index in [4.69, 9.17) is 38.9 Å². The van der Waals surface area contributed by atoms with E-state index in [9.17, 15) is 9.59 Å². The van der Waals surface area contributed by atoms with E-state index < -0.39 is 17.9 Å². The zero-order chi connectivity index (χ0) is 21.8. The number of nitrogen functional groups attached to an aromatic ring is 2. The summed E-state index contributed by atoms with van der Waals surface area (Å²) in [6, 6.07) is -0.768. The van der Waals surface area contributed by atoms with Gasteiger partial charge in [-0.1, -0.05) is 24.4 Å². The van der Waals surface area contributed by atoms with Gasteiger partial charge in [-0.25, -0.2) is 9.97 Å². The minimum absolute atomic E-state index is 0.0781. The summed E-state index contributed by atoms with van der Waals surface area (Å²) < 4.78 is 9.81. The van der Waals surface area contributed by atoms with Crippen LogP contribution in [-0.4, -0.2) is 60.7 Å². The normalized spacial score (nSPS) is 11.6. The number of halogens is 1. The monoisotopic (exact) mass is 430 g/mol. The first-order valence-electron chi connectivity index (χ1n) is 8.89. The summed E-state index contributed by atoms with van der Waals surface area (Å²) in [5.74, 6) is -1.65. The Kier molecular flexibility index (Phi) is 10.7. The molecule has 1 atom stereocenters. The Morgan fingerprint density at radius 3 is 2.55 bits per heavy atom. The van der Waals surface area contributed by atoms with Gasteiger partial charge in [0.15, 0.2) is 28.4 Å². The third kappa shape index (κ3) is 8.89. The molecule has 1 amide bonds. The number of carbonyl (C=O) groups excluding carboxylic acids is 2. The second-order valence-corrected chi connectivity index (χ2v) is 6.37. The number of methoxy groups -OCH3 is 1. The van der Waals surface area contributed by atoms with E-state index in [2.05, 4.69) is 25.3 Å². The highest BCUT2D eigenvalue weighted by Crippen LogP contribution is 2.17. The summed E-state index contributed by atoms with van der Waals surface area (Å²) in [7, 11) is 1.28. The molecule has 0 aromatic carbocycles. The van der Waals surface area contributed by atoms with Crippen molar-refractivity contribution in [3.63, 3.8) is 0 Å². The average molecular weight is 431 g/mol. The number of ether oxygens (including phenoxy) is 2. The van der Waals surface area contributed by atoms with E-state index in [1.807, 2.05) is 0 Å². The highest BCUT2D eigenvalue weighted by molar-refractivity contribution is 6.31. The number of esters is 1. The van der Waals surface area contributed by atoms with E-state index in [0.29, 0.717) is 13.2 Å². The molecule has 0 unspecified atom stereocenters. The van der Waals surface area contributed by atoms with Crippen LogP contribution in [0.3, 0.4) is 0 Å². The molecule has 29 heavy (non-hydrogen) atoms. The molecule has 12 nitrogen and oxygen atoms in total. The molecule has 0 aliphatic heterocycles. The van der Waals surface area contributed by atoms with Crippen molar-refractivity contribution in [1.82, 2.24) is 20.6 Å². The Morgan fingerprint density at radius 2 is 1.86 bits per heavy atom. The van der Waals surface area contributed by atoms with Crippen LogP contribution in [0.5, 0.6) is 0 Å². The van der Waals surface area contributed by atoms with Gasteiger partial charge < -0.3 is 32.0 Å². The van der Waals surface area contributed by atoms with Crippen molar-refractivity contribution in [1.29, 1.82) is 5.41 Å². The molecule has 13 heteroatoms. The first-order valence-corrected chi connectivity index (χ1v) is 9.27. The SMILES string of the molecule is COC(=O)[C@@H](N)COCCCCCCNC(=N)NC(=O)c1nc(Cl)c(N)nc1N. The Morgan fingerprint density at radius 1 is 1.17 bits per heavy atom. The highest BCUT2D eigenvalue weighted by atomic mass is 35.5. The Bertz CT molecular complexity index is 718. The molecule has 9 N–H and O–H groups in total. The number of aromatic nitrogens is 2. The molecule has 0 radical (unpaired) electrons. The predicted octanol–water partition coefficient (Wildman–Crippen LogP) is -0.374. The van der Waals surface area contributed by atoms with E-state index in [1.54, 1.807) is 0 Å². The smallest absolute Gasteiger partial charge is 0.325 e. The maximum Gasteiger partial charge on any atom is 0.325 e. The molecule has 1 aromatic heterocycles. The molecule has 162 valence electrons. The van der Waals surface area contributed by atoms with Gasteiger partial charge in [0, 0.05) is 13.2 Å². The number of amides is 1. The average Bonchev–Trinajstić information content (AvgIpc) is 2.68. The number of unbranched alkanes of at least 4 members (excludes halogenated alkanes) is 3. The van der Waals surface area contributed by atoms with Crippen LogP contribution in [0.4, 0.5) is 11.6 Å². The standard InChI is InChI=1S/C16H27ClN8O4/c1-28-15(27)9(18)8-29-7-5-3-2-4-6-22-16(21)25-14(26)10-12(19)24-13(20)11(17)23-10/h9H,2-8,18H2,1H3,(H4,19,20,24)(H3,21,22,25,26)/t9-/m0/s1. The van der Waals surface area contributed by atoms with Crippen molar-refractivity contribution in [3.8, 4) is 0 Å². The molecule has 1 heterocycles. The van der Waals surface area contributed by atoms with Gasteiger partial charge in [0.2, 0.25) is 0 Å². The van der Waals surface area contributed by atoms with Crippen molar-refractivity contribution >= 4 is 41.1 Å². The number of hydrogen-bond acceptors (Lipinski definition) is 10. The van der Waals surface area contributed by atoms with Crippen molar-refractivity contribution < 1.29 is 19.1 Å². The fourth-order valence-electron chi connectivity index (χ4n) is 2.15. The van der Waals surface area contributed by atoms with Crippen molar-refractivity contribution in [2.24, 2.45) is 5.73 Å². The summed E-state index contributed by atoms with van der Waals surface area (Å²) in [6.07, 6.45) is 3.41. The van der Waals surface area contributed by atoms with Crippen LogP contribution in [0.15, 0.2) is 0 Å². The lowest BCUT2D eigenvalue weighted by Crippen LogP contribution is -2.41. The lowest BCUT2D eigenvalue weighted by atomic mass is 10.2. The first kappa shape index (κ1) is 24.3. The molecule has 0 saturated carbocycles. The number of guanidine groups is 1. The van der Waals surface area contributed by atoms with E-state index in [1.165, 1.54) is 7.11 Å². The largest absolute Gasteiger partial charge is 0.468 e. The lowest BCUT2D eigenvalue weighted by Gasteiger charge is -2.11. The number of hydrogen-bond donors (Lipinski definition) is 6. The second kappa shape index (κ2) is 12.7. The van der Waals surface area contributed by atoms with Gasteiger partial charge in [-0.3, -0.25) is 20.3 Å². The second-order valence-electron chi connectivity index (χ2n) is 6.01. The van der Waals surface area contributed by atoms with Crippen LogP contribution in [0, 0.1) is 5.41 Å². The molecule has 0 spiro atoms. The predicted molar refractivity (Wildman–Crippen MR) is 108 cm³/mol. The number of anilines is 2. The maximum atomic E-state index is 12.1. The van der Waals surface area contributed by atoms with Gasteiger partial charge in [-0.15, -0.1) is 0 Å². The molecular weight excluding hydrogens is 404 g/mol. The number of nitrogens with two attached hydrogens (primary N) is 3. The number of rotatable bonds is 11. The van der Waals surface area contributed by atoms with Gasteiger partial charge >= 0.3 is 5.97 Å². The van der Waals surface area contributed by atoms with Gasteiger partial charge in [0.1, 0.15) is 6.04 Å². The lowest BCUT2D eigenvalue weighted by molar-refractivity contribution is -0.143. The number of carbonyl (C=O) groups is 2. The fourth-order valence-corrected chi connectivity index (χ4v) is 2.28. The minimum Gasteiger partial charge on any atom is -0.468 e. The van der Waals surface area contributed by atoms with Crippen LogP contribution >= 0.6 is 11.6 Å². The zero-order valence-electron chi connectivity index (χ0n) is 16.2. The Labute approximate surface area is 173 Å². The topological polar surface area (TPSA) is 204 Å². The van der Waals surface area contributed by atoms with Gasteiger partial charge in [0.05, 0.1) is 13.7 Å². The van der Waals surface area contributed by atoms with E-state index in [0.717, 1.165) is 25.7 Å². The highest BCUT2D eigenvalue weighted by Gasteiger charge is 2.17. The molecule has 0 saturated heterocycles. The molecular formula is C16H27ClN8O4. The minimum atomic E-state index is -0.768. The van der Waals surface area contributed by atoms with Gasteiger partial charge in [-0.2, -0.15) is 0 Å². The summed E-state index contributed by atoms with van der Waals surface area (Å²) in [5.41, 5.74) is 16.4. The van der Waals surface area contributed by atoms with Crippen LogP contribution in [0.25, 0.3) is 0 Å².